The first kappa shape index (κ1) is 16.6. The van der Waals surface area contributed by atoms with Gasteiger partial charge in [0.2, 0.25) is 0 Å². The van der Waals surface area contributed by atoms with Gasteiger partial charge in [-0.3, -0.25) is 4.79 Å². The van der Waals surface area contributed by atoms with E-state index in [1.165, 1.54) is 11.1 Å². The number of ether oxygens (including phenoxy) is 2. The molecule has 1 unspecified atom stereocenters. The quantitative estimate of drug-likeness (QED) is 0.579. The lowest BCUT2D eigenvalue weighted by Gasteiger charge is -2.23. The summed E-state index contributed by atoms with van der Waals surface area (Å²) in [6, 6.07) is 6.11. The van der Waals surface area contributed by atoms with Crippen molar-refractivity contribution in [1.82, 2.24) is 9.55 Å². The van der Waals surface area contributed by atoms with Gasteiger partial charge in [0.25, 0.3) is 0 Å². The van der Waals surface area contributed by atoms with Crippen LogP contribution in [0.4, 0.5) is 0 Å². The molecule has 1 aliphatic rings. The Morgan fingerprint density at radius 3 is 3.04 bits per heavy atom. The average Bonchev–Trinajstić information content (AvgIpc) is 3.13. The molecule has 1 aromatic carbocycles. The van der Waals surface area contributed by atoms with Gasteiger partial charge < -0.3 is 14.0 Å². The van der Waals surface area contributed by atoms with E-state index >= 15 is 0 Å². The van der Waals surface area contributed by atoms with Gasteiger partial charge in [-0.05, 0) is 55.4 Å². The van der Waals surface area contributed by atoms with Crippen LogP contribution in [0.3, 0.4) is 0 Å². The predicted molar refractivity (Wildman–Crippen MR) is 90.9 cm³/mol. The van der Waals surface area contributed by atoms with Crippen LogP contribution in [0.15, 0.2) is 36.9 Å². The van der Waals surface area contributed by atoms with E-state index in [9.17, 15) is 4.79 Å². The second kappa shape index (κ2) is 7.99. The summed E-state index contributed by atoms with van der Waals surface area (Å²) in [5, 5.41) is 0. The fraction of sp³-hybridized carbons (Fsp3) is 0.474. The number of hydrogen-bond acceptors (Lipinski definition) is 4. The maximum atomic E-state index is 12.3. The summed E-state index contributed by atoms with van der Waals surface area (Å²) in [6.07, 6.45) is 9.92. The van der Waals surface area contributed by atoms with Crippen molar-refractivity contribution in [2.75, 3.05) is 13.7 Å². The Balaban J connectivity index is 1.41. The largest absolute Gasteiger partial charge is 0.497 e. The normalized spacial score (nSPS) is 16.5. The summed E-state index contributed by atoms with van der Waals surface area (Å²) >= 11 is 0. The Bertz CT molecular complexity index is 667. The molecule has 0 saturated heterocycles. The minimum atomic E-state index is -0.0564. The summed E-state index contributed by atoms with van der Waals surface area (Å²) in [5.41, 5.74) is 2.53. The van der Waals surface area contributed by atoms with Crippen LogP contribution in [0.1, 0.15) is 30.4 Å². The highest BCUT2D eigenvalue weighted by Crippen LogP contribution is 2.29. The summed E-state index contributed by atoms with van der Waals surface area (Å²) in [7, 11) is 1.68. The van der Waals surface area contributed by atoms with E-state index in [1.54, 1.807) is 19.6 Å². The van der Waals surface area contributed by atoms with Crippen LogP contribution in [0.2, 0.25) is 0 Å². The van der Waals surface area contributed by atoms with Crippen LogP contribution in [0.25, 0.3) is 0 Å². The number of carbonyl (C=O) groups is 1. The van der Waals surface area contributed by atoms with Crippen LogP contribution in [0, 0.1) is 5.92 Å². The van der Waals surface area contributed by atoms with E-state index in [1.807, 2.05) is 16.8 Å². The van der Waals surface area contributed by atoms with E-state index in [2.05, 4.69) is 17.1 Å². The van der Waals surface area contributed by atoms with Crippen molar-refractivity contribution >= 4 is 5.97 Å². The van der Waals surface area contributed by atoms with E-state index in [4.69, 9.17) is 9.47 Å². The summed E-state index contributed by atoms with van der Waals surface area (Å²) < 4.78 is 12.8. The van der Waals surface area contributed by atoms with Gasteiger partial charge in [-0.2, -0.15) is 0 Å². The Hall–Kier alpha value is -2.30. The van der Waals surface area contributed by atoms with E-state index in [-0.39, 0.29) is 11.9 Å². The van der Waals surface area contributed by atoms with E-state index < -0.39 is 0 Å². The number of rotatable bonds is 7. The van der Waals surface area contributed by atoms with Crippen molar-refractivity contribution in [3.05, 3.63) is 48.0 Å². The summed E-state index contributed by atoms with van der Waals surface area (Å²) in [4.78, 5) is 16.3. The molecule has 2 aromatic rings. The number of imidazole rings is 1. The molecule has 1 heterocycles. The second-order valence-corrected chi connectivity index (χ2v) is 6.25. The number of esters is 1. The third-order valence-corrected chi connectivity index (χ3v) is 4.59. The zero-order chi connectivity index (χ0) is 16.8. The first-order valence-electron chi connectivity index (χ1n) is 8.54. The highest BCUT2D eigenvalue weighted by atomic mass is 16.5. The van der Waals surface area contributed by atoms with Crippen molar-refractivity contribution < 1.29 is 14.3 Å². The number of fused-ring (bicyclic) bond motifs is 1. The van der Waals surface area contributed by atoms with Crippen molar-refractivity contribution in [2.45, 2.75) is 38.6 Å². The molecule has 0 amide bonds. The number of benzene rings is 1. The monoisotopic (exact) mass is 328 g/mol. The highest BCUT2D eigenvalue weighted by Gasteiger charge is 2.26. The lowest BCUT2D eigenvalue weighted by atomic mass is 9.84. The number of aromatic nitrogens is 2. The Morgan fingerprint density at radius 2 is 2.25 bits per heavy atom. The number of aryl methyl sites for hydroxylation is 2. The van der Waals surface area contributed by atoms with Gasteiger partial charge in [0.15, 0.2) is 0 Å². The molecule has 5 heteroatoms. The summed E-state index contributed by atoms with van der Waals surface area (Å²) in [6.45, 7) is 1.41. The molecular formula is C19H24N2O3. The molecule has 1 atom stereocenters. The van der Waals surface area contributed by atoms with Gasteiger partial charge in [0.1, 0.15) is 5.75 Å². The molecule has 0 bridgehead atoms. The maximum absolute atomic E-state index is 12.3. The number of unbranched alkanes of at least 4 members (excludes halogenated alkanes) is 1. The molecule has 0 radical (unpaired) electrons. The SMILES string of the molecule is COc1ccc2c(c1)CCC(C(=O)OCCCCn1ccnc1)C2. The Kier molecular flexibility index (Phi) is 5.51. The molecule has 0 saturated carbocycles. The van der Waals surface area contributed by atoms with Crippen molar-refractivity contribution in [1.29, 1.82) is 0 Å². The summed E-state index contributed by atoms with van der Waals surface area (Å²) in [5.74, 6) is 0.811. The molecular weight excluding hydrogens is 304 g/mol. The van der Waals surface area contributed by atoms with Gasteiger partial charge >= 0.3 is 5.97 Å². The minimum Gasteiger partial charge on any atom is -0.497 e. The number of carbonyl (C=O) groups excluding carboxylic acids is 1. The van der Waals surface area contributed by atoms with Gasteiger partial charge in [0.05, 0.1) is 26.0 Å². The molecule has 1 aromatic heterocycles. The minimum absolute atomic E-state index is 0.0143. The molecule has 1 aliphatic carbocycles. The van der Waals surface area contributed by atoms with E-state index in [0.717, 1.165) is 44.4 Å². The molecule has 0 fully saturated rings. The zero-order valence-corrected chi connectivity index (χ0v) is 14.1. The lowest BCUT2D eigenvalue weighted by molar-refractivity contribution is -0.149. The standard InChI is InChI=1S/C19H24N2O3/c1-23-18-7-6-15-12-17(5-4-16(15)13-18)19(22)24-11-3-2-9-21-10-8-20-14-21/h6-8,10,13-14,17H,2-5,9,11-12H2,1H3. The van der Waals surface area contributed by atoms with Crippen LogP contribution in [-0.4, -0.2) is 29.2 Å². The topological polar surface area (TPSA) is 53.4 Å². The number of nitrogens with zero attached hydrogens (tertiary/aromatic N) is 2. The van der Waals surface area contributed by atoms with Crippen LogP contribution < -0.4 is 4.74 Å². The molecule has 0 aliphatic heterocycles. The van der Waals surface area contributed by atoms with Crippen molar-refractivity contribution in [2.24, 2.45) is 5.92 Å². The third kappa shape index (κ3) is 4.16. The second-order valence-electron chi connectivity index (χ2n) is 6.25. The van der Waals surface area contributed by atoms with Gasteiger partial charge in [0, 0.05) is 18.9 Å². The van der Waals surface area contributed by atoms with Crippen LogP contribution in [0.5, 0.6) is 5.75 Å². The van der Waals surface area contributed by atoms with Gasteiger partial charge in [-0.15, -0.1) is 0 Å². The highest BCUT2D eigenvalue weighted by molar-refractivity contribution is 5.73. The number of methoxy groups -OCH3 is 1. The smallest absolute Gasteiger partial charge is 0.309 e. The van der Waals surface area contributed by atoms with Crippen LogP contribution in [-0.2, 0) is 28.9 Å². The molecule has 0 spiro atoms. The third-order valence-electron chi connectivity index (χ3n) is 4.59. The molecule has 0 N–H and O–H groups in total. The lowest BCUT2D eigenvalue weighted by Crippen LogP contribution is -2.25. The maximum Gasteiger partial charge on any atom is 0.309 e. The molecule has 3 rings (SSSR count). The predicted octanol–water partition coefficient (Wildman–Crippen LogP) is 3.02. The van der Waals surface area contributed by atoms with Gasteiger partial charge in [-0.25, -0.2) is 4.98 Å². The van der Waals surface area contributed by atoms with Crippen molar-refractivity contribution in [3.8, 4) is 5.75 Å². The fourth-order valence-corrected chi connectivity index (χ4v) is 3.17. The Labute approximate surface area is 142 Å². The Morgan fingerprint density at radius 1 is 1.33 bits per heavy atom. The first-order valence-corrected chi connectivity index (χ1v) is 8.54. The molecule has 128 valence electrons. The van der Waals surface area contributed by atoms with Gasteiger partial charge in [-0.1, -0.05) is 6.07 Å². The zero-order valence-electron chi connectivity index (χ0n) is 14.1. The number of hydrogen-bond donors (Lipinski definition) is 0. The van der Waals surface area contributed by atoms with Crippen LogP contribution >= 0.6 is 0 Å². The average molecular weight is 328 g/mol. The van der Waals surface area contributed by atoms with Crippen molar-refractivity contribution in [3.63, 3.8) is 0 Å². The molecule has 24 heavy (non-hydrogen) atoms. The molecule has 5 nitrogen and oxygen atoms in total. The fourth-order valence-electron chi connectivity index (χ4n) is 3.17. The first-order chi connectivity index (χ1) is 11.8. The van der Waals surface area contributed by atoms with E-state index in [0.29, 0.717) is 6.61 Å².